The maximum atomic E-state index is 5.34. The summed E-state index contributed by atoms with van der Waals surface area (Å²) in [5.74, 6) is 1.39. The van der Waals surface area contributed by atoms with Crippen molar-refractivity contribution in [2.75, 3.05) is 6.61 Å². The maximum absolute atomic E-state index is 5.34. The summed E-state index contributed by atoms with van der Waals surface area (Å²) in [7, 11) is 0. The lowest BCUT2D eigenvalue weighted by Crippen LogP contribution is -1.93. The molecule has 0 saturated carbocycles. The van der Waals surface area contributed by atoms with Crippen LogP contribution < -0.4 is 4.74 Å². The third-order valence-electron chi connectivity index (χ3n) is 2.44. The van der Waals surface area contributed by atoms with Gasteiger partial charge in [0.05, 0.1) is 6.61 Å². The number of benzene rings is 1. The van der Waals surface area contributed by atoms with Crippen LogP contribution in [0.3, 0.4) is 0 Å². The van der Waals surface area contributed by atoms with Gasteiger partial charge in [0.25, 0.3) is 0 Å². The summed E-state index contributed by atoms with van der Waals surface area (Å²) in [6, 6.07) is 11.7. The van der Waals surface area contributed by atoms with Gasteiger partial charge in [-0.05, 0) is 6.92 Å². The Labute approximate surface area is 98.0 Å². The summed E-state index contributed by atoms with van der Waals surface area (Å²) >= 11 is 0. The van der Waals surface area contributed by atoms with Crippen molar-refractivity contribution < 1.29 is 4.74 Å². The Morgan fingerprint density at radius 3 is 2.82 bits per heavy atom. The predicted octanol–water partition coefficient (Wildman–Crippen LogP) is 2.12. The average Bonchev–Trinajstić information content (AvgIpc) is 2.88. The highest BCUT2D eigenvalue weighted by Crippen LogP contribution is 2.17. The molecule has 3 rings (SSSR count). The van der Waals surface area contributed by atoms with Gasteiger partial charge in [0.1, 0.15) is 0 Å². The SMILES string of the molecule is CCOc1cc2nc(-c3ccccc3)nn2[nH]1. The quantitative estimate of drug-likeness (QED) is 0.747. The van der Waals surface area contributed by atoms with Crippen molar-refractivity contribution in [2.24, 2.45) is 0 Å². The van der Waals surface area contributed by atoms with Crippen LogP contribution in [-0.4, -0.2) is 26.4 Å². The van der Waals surface area contributed by atoms with Crippen LogP contribution in [0.4, 0.5) is 0 Å². The molecule has 0 saturated heterocycles. The number of nitrogens with one attached hydrogen (secondary N) is 1. The van der Waals surface area contributed by atoms with Crippen molar-refractivity contribution in [1.82, 2.24) is 19.8 Å². The zero-order chi connectivity index (χ0) is 11.7. The highest BCUT2D eigenvalue weighted by atomic mass is 16.5. The molecule has 1 aromatic carbocycles. The van der Waals surface area contributed by atoms with Gasteiger partial charge in [-0.15, -0.1) is 5.10 Å². The first-order valence-corrected chi connectivity index (χ1v) is 5.51. The van der Waals surface area contributed by atoms with Gasteiger partial charge in [-0.2, -0.15) is 4.63 Å². The van der Waals surface area contributed by atoms with Crippen molar-refractivity contribution in [3.05, 3.63) is 36.4 Å². The van der Waals surface area contributed by atoms with Crippen LogP contribution in [0.2, 0.25) is 0 Å². The highest BCUT2D eigenvalue weighted by molar-refractivity contribution is 5.58. The standard InChI is InChI=1S/C12H12N4O/c1-2-17-11-8-10-13-12(15-16(10)14-11)9-6-4-3-5-7-9/h3-8,14H,2H2,1H3. The molecule has 0 aliphatic heterocycles. The van der Waals surface area contributed by atoms with E-state index in [0.29, 0.717) is 18.3 Å². The fourth-order valence-corrected chi connectivity index (χ4v) is 1.69. The smallest absolute Gasteiger partial charge is 0.211 e. The highest BCUT2D eigenvalue weighted by Gasteiger charge is 2.08. The minimum absolute atomic E-state index is 0.620. The summed E-state index contributed by atoms with van der Waals surface area (Å²) in [5.41, 5.74) is 1.76. The van der Waals surface area contributed by atoms with Crippen LogP contribution in [0, 0.1) is 0 Å². The zero-order valence-corrected chi connectivity index (χ0v) is 9.42. The van der Waals surface area contributed by atoms with Crippen molar-refractivity contribution >= 4 is 5.65 Å². The van der Waals surface area contributed by atoms with Gasteiger partial charge >= 0.3 is 0 Å². The lowest BCUT2D eigenvalue weighted by molar-refractivity contribution is 0.324. The predicted molar refractivity (Wildman–Crippen MR) is 63.9 cm³/mol. The molecule has 5 heteroatoms. The van der Waals surface area contributed by atoms with Crippen LogP contribution >= 0.6 is 0 Å². The summed E-state index contributed by atoms with van der Waals surface area (Å²) < 4.78 is 6.96. The van der Waals surface area contributed by atoms with Gasteiger partial charge < -0.3 is 4.74 Å². The molecular weight excluding hydrogens is 216 g/mol. The molecule has 2 heterocycles. The first-order valence-electron chi connectivity index (χ1n) is 5.51. The van der Waals surface area contributed by atoms with E-state index in [4.69, 9.17) is 4.74 Å². The lowest BCUT2D eigenvalue weighted by atomic mass is 10.2. The van der Waals surface area contributed by atoms with Crippen molar-refractivity contribution in [3.63, 3.8) is 0 Å². The minimum Gasteiger partial charge on any atom is -0.478 e. The average molecular weight is 228 g/mol. The van der Waals surface area contributed by atoms with Crippen LogP contribution in [0.25, 0.3) is 17.0 Å². The van der Waals surface area contributed by atoms with E-state index in [-0.39, 0.29) is 0 Å². The Morgan fingerprint density at radius 2 is 2.12 bits per heavy atom. The second-order valence-corrected chi connectivity index (χ2v) is 3.62. The molecule has 3 aromatic rings. The van der Waals surface area contributed by atoms with Gasteiger partial charge in [-0.3, -0.25) is 0 Å². The molecule has 0 unspecified atom stereocenters. The van der Waals surface area contributed by atoms with E-state index < -0.39 is 0 Å². The van der Waals surface area contributed by atoms with Crippen LogP contribution in [0.15, 0.2) is 36.4 Å². The fraction of sp³-hybridized carbons (Fsp3) is 0.167. The summed E-state index contributed by atoms with van der Waals surface area (Å²) in [5, 5.41) is 7.36. The summed E-state index contributed by atoms with van der Waals surface area (Å²) in [4.78, 5) is 4.43. The molecule has 5 nitrogen and oxygen atoms in total. The van der Waals surface area contributed by atoms with Crippen LogP contribution in [0.1, 0.15) is 6.92 Å². The molecule has 17 heavy (non-hydrogen) atoms. The topological polar surface area (TPSA) is 55.2 Å². The second kappa shape index (κ2) is 3.93. The largest absolute Gasteiger partial charge is 0.478 e. The van der Waals surface area contributed by atoms with Gasteiger partial charge in [0.15, 0.2) is 11.5 Å². The van der Waals surface area contributed by atoms with E-state index in [1.54, 1.807) is 4.63 Å². The molecule has 0 radical (unpaired) electrons. The normalized spacial score (nSPS) is 10.9. The van der Waals surface area contributed by atoms with Crippen LogP contribution in [0.5, 0.6) is 5.88 Å². The third-order valence-corrected chi connectivity index (χ3v) is 2.44. The first-order chi connectivity index (χ1) is 8.36. The number of hydrogen-bond acceptors (Lipinski definition) is 3. The molecule has 2 aromatic heterocycles. The number of nitrogens with zero attached hydrogens (tertiary/aromatic N) is 3. The number of ether oxygens (including phenoxy) is 1. The number of hydrogen-bond donors (Lipinski definition) is 1. The zero-order valence-electron chi connectivity index (χ0n) is 9.42. The fourth-order valence-electron chi connectivity index (χ4n) is 1.69. The molecular formula is C12H12N4O. The number of aromatic amines is 1. The van der Waals surface area contributed by atoms with E-state index in [2.05, 4.69) is 15.2 Å². The Hall–Kier alpha value is -2.30. The Balaban J connectivity index is 2.01. The molecule has 86 valence electrons. The molecule has 1 N–H and O–H groups in total. The monoisotopic (exact) mass is 228 g/mol. The van der Waals surface area contributed by atoms with E-state index >= 15 is 0 Å². The lowest BCUT2D eigenvalue weighted by Gasteiger charge is -1.95. The molecule has 0 amide bonds. The van der Waals surface area contributed by atoms with Gasteiger partial charge in [-0.1, -0.05) is 30.3 Å². The maximum Gasteiger partial charge on any atom is 0.211 e. The number of rotatable bonds is 3. The third kappa shape index (κ3) is 1.75. The number of H-pyrrole nitrogens is 1. The van der Waals surface area contributed by atoms with Crippen molar-refractivity contribution in [3.8, 4) is 17.3 Å². The Bertz CT molecular complexity index is 595. The molecule has 0 bridgehead atoms. The number of aromatic nitrogens is 4. The van der Waals surface area contributed by atoms with Crippen LogP contribution in [-0.2, 0) is 0 Å². The summed E-state index contributed by atoms with van der Waals surface area (Å²) in [6.07, 6.45) is 0. The Kier molecular flexibility index (Phi) is 2.29. The minimum atomic E-state index is 0.620. The van der Waals surface area contributed by atoms with E-state index in [0.717, 1.165) is 11.2 Å². The van der Waals surface area contributed by atoms with E-state index in [9.17, 15) is 0 Å². The second-order valence-electron chi connectivity index (χ2n) is 3.62. The molecule has 0 aliphatic carbocycles. The first kappa shape index (κ1) is 9.89. The molecule has 0 aliphatic rings. The van der Waals surface area contributed by atoms with E-state index in [1.165, 1.54) is 0 Å². The van der Waals surface area contributed by atoms with Crippen molar-refractivity contribution in [2.45, 2.75) is 6.92 Å². The van der Waals surface area contributed by atoms with Gasteiger partial charge in [0, 0.05) is 11.6 Å². The van der Waals surface area contributed by atoms with Crippen molar-refractivity contribution in [1.29, 1.82) is 0 Å². The summed E-state index contributed by atoms with van der Waals surface area (Å²) in [6.45, 7) is 2.56. The van der Waals surface area contributed by atoms with E-state index in [1.807, 2.05) is 43.3 Å². The molecule has 0 spiro atoms. The van der Waals surface area contributed by atoms with Gasteiger partial charge in [-0.25, -0.2) is 10.1 Å². The molecule has 0 fully saturated rings. The number of fused-ring (bicyclic) bond motifs is 1. The molecule has 0 atom stereocenters. The van der Waals surface area contributed by atoms with Gasteiger partial charge in [0.2, 0.25) is 5.88 Å². The Morgan fingerprint density at radius 1 is 1.29 bits per heavy atom.